The number of nitrogens with two attached hydrogens (primary N) is 1. The fourth-order valence-electron chi connectivity index (χ4n) is 1.32. The quantitative estimate of drug-likeness (QED) is 0.676. The van der Waals surface area contributed by atoms with Crippen LogP contribution in [0.3, 0.4) is 0 Å². The van der Waals surface area contributed by atoms with Crippen LogP contribution in [0.4, 0.5) is 0 Å². The van der Waals surface area contributed by atoms with Crippen LogP contribution in [0.2, 0.25) is 0 Å². The highest BCUT2D eigenvalue weighted by Gasteiger charge is 2.09. The second kappa shape index (κ2) is 5.62. The van der Waals surface area contributed by atoms with Gasteiger partial charge in [0.2, 0.25) is 0 Å². The van der Waals surface area contributed by atoms with E-state index in [0.717, 1.165) is 38.4 Å². The SMILES string of the molecule is C=C(N)/C=C\C(=C)CN1CCOCC1. The van der Waals surface area contributed by atoms with Crippen LogP contribution >= 0.6 is 0 Å². The van der Waals surface area contributed by atoms with E-state index in [-0.39, 0.29) is 0 Å². The number of hydrogen-bond acceptors (Lipinski definition) is 3. The van der Waals surface area contributed by atoms with Gasteiger partial charge < -0.3 is 10.5 Å². The average molecular weight is 194 g/mol. The predicted octanol–water partition coefficient (Wildman–Crippen LogP) is 0.903. The highest BCUT2D eigenvalue weighted by atomic mass is 16.5. The fraction of sp³-hybridized carbons (Fsp3) is 0.455. The molecule has 0 radical (unpaired) electrons. The van der Waals surface area contributed by atoms with Crippen LogP contribution in [0.15, 0.2) is 36.6 Å². The lowest BCUT2D eigenvalue weighted by atomic mass is 10.2. The van der Waals surface area contributed by atoms with Gasteiger partial charge in [-0.15, -0.1) is 0 Å². The van der Waals surface area contributed by atoms with E-state index in [1.54, 1.807) is 6.08 Å². The molecule has 0 aromatic carbocycles. The molecule has 0 aromatic heterocycles. The van der Waals surface area contributed by atoms with Gasteiger partial charge in [-0.05, 0) is 11.6 Å². The summed E-state index contributed by atoms with van der Waals surface area (Å²) in [6, 6.07) is 0. The molecule has 1 aliphatic rings. The first kappa shape index (κ1) is 11.0. The van der Waals surface area contributed by atoms with Gasteiger partial charge in [0.15, 0.2) is 0 Å². The molecule has 0 aliphatic carbocycles. The zero-order chi connectivity index (χ0) is 10.4. The van der Waals surface area contributed by atoms with Gasteiger partial charge in [0.25, 0.3) is 0 Å². The highest BCUT2D eigenvalue weighted by molar-refractivity contribution is 5.23. The van der Waals surface area contributed by atoms with Crippen molar-refractivity contribution in [2.24, 2.45) is 5.73 Å². The Hall–Kier alpha value is -1.06. The second-order valence-electron chi connectivity index (χ2n) is 3.46. The molecule has 0 aromatic rings. The summed E-state index contributed by atoms with van der Waals surface area (Å²) in [6.45, 7) is 12.0. The monoisotopic (exact) mass is 194 g/mol. The molecule has 0 spiro atoms. The van der Waals surface area contributed by atoms with Crippen molar-refractivity contribution in [1.82, 2.24) is 4.90 Å². The van der Waals surface area contributed by atoms with Crippen LogP contribution in [0.5, 0.6) is 0 Å². The Morgan fingerprint density at radius 1 is 1.29 bits per heavy atom. The molecule has 0 unspecified atom stereocenters. The molecule has 2 N–H and O–H groups in total. The van der Waals surface area contributed by atoms with E-state index in [1.165, 1.54) is 0 Å². The highest BCUT2D eigenvalue weighted by Crippen LogP contribution is 2.02. The van der Waals surface area contributed by atoms with Gasteiger partial charge in [-0.1, -0.05) is 19.2 Å². The minimum Gasteiger partial charge on any atom is -0.399 e. The number of rotatable bonds is 4. The minimum atomic E-state index is 0.563. The fourth-order valence-corrected chi connectivity index (χ4v) is 1.32. The Kier molecular flexibility index (Phi) is 4.43. The molecular weight excluding hydrogens is 176 g/mol. The molecular formula is C11H18N2O. The van der Waals surface area contributed by atoms with Gasteiger partial charge in [0, 0.05) is 25.3 Å². The van der Waals surface area contributed by atoms with E-state index in [1.807, 2.05) is 6.08 Å². The molecule has 78 valence electrons. The second-order valence-corrected chi connectivity index (χ2v) is 3.46. The number of hydrogen-bond donors (Lipinski definition) is 1. The summed E-state index contributed by atoms with van der Waals surface area (Å²) >= 11 is 0. The number of nitrogens with zero attached hydrogens (tertiary/aromatic N) is 1. The molecule has 1 saturated heterocycles. The third kappa shape index (κ3) is 4.25. The molecule has 14 heavy (non-hydrogen) atoms. The van der Waals surface area contributed by atoms with Crippen molar-refractivity contribution in [3.63, 3.8) is 0 Å². The Balaban J connectivity index is 2.28. The minimum absolute atomic E-state index is 0.563. The van der Waals surface area contributed by atoms with Crippen LogP contribution < -0.4 is 5.73 Å². The molecule has 1 rings (SSSR count). The van der Waals surface area contributed by atoms with E-state index in [2.05, 4.69) is 18.1 Å². The lowest BCUT2D eigenvalue weighted by molar-refractivity contribution is 0.0426. The molecule has 3 heteroatoms. The van der Waals surface area contributed by atoms with E-state index in [9.17, 15) is 0 Å². The third-order valence-electron chi connectivity index (χ3n) is 2.06. The molecule has 0 bridgehead atoms. The normalized spacial score (nSPS) is 18.6. The number of allylic oxidation sites excluding steroid dienone is 1. The van der Waals surface area contributed by atoms with E-state index in [0.29, 0.717) is 5.70 Å². The summed E-state index contributed by atoms with van der Waals surface area (Å²) in [5.74, 6) is 0. The summed E-state index contributed by atoms with van der Waals surface area (Å²) in [5.41, 5.74) is 7.04. The topological polar surface area (TPSA) is 38.5 Å². The zero-order valence-electron chi connectivity index (χ0n) is 8.54. The van der Waals surface area contributed by atoms with Gasteiger partial charge in [-0.2, -0.15) is 0 Å². The van der Waals surface area contributed by atoms with Gasteiger partial charge in [0.1, 0.15) is 0 Å². The maximum atomic E-state index is 5.42. The Morgan fingerprint density at radius 3 is 2.50 bits per heavy atom. The maximum absolute atomic E-state index is 5.42. The summed E-state index contributed by atoms with van der Waals surface area (Å²) < 4.78 is 5.26. The average Bonchev–Trinajstić information content (AvgIpc) is 2.16. The van der Waals surface area contributed by atoms with Crippen LogP contribution in [-0.4, -0.2) is 37.7 Å². The van der Waals surface area contributed by atoms with Crippen LogP contribution in [0, 0.1) is 0 Å². The summed E-state index contributed by atoms with van der Waals surface area (Å²) in [7, 11) is 0. The van der Waals surface area contributed by atoms with Crippen molar-refractivity contribution in [2.75, 3.05) is 32.8 Å². The van der Waals surface area contributed by atoms with Crippen molar-refractivity contribution in [3.8, 4) is 0 Å². The Labute approximate surface area is 85.5 Å². The molecule has 0 amide bonds. The van der Waals surface area contributed by atoms with Gasteiger partial charge >= 0.3 is 0 Å². The maximum Gasteiger partial charge on any atom is 0.0594 e. The van der Waals surface area contributed by atoms with Crippen molar-refractivity contribution < 1.29 is 4.74 Å². The summed E-state index contributed by atoms with van der Waals surface area (Å²) in [6.07, 6.45) is 3.70. The first-order valence-corrected chi connectivity index (χ1v) is 4.79. The molecule has 1 heterocycles. The molecule has 3 nitrogen and oxygen atoms in total. The Bertz CT molecular complexity index is 240. The van der Waals surface area contributed by atoms with Gasteiger partial charge in [-0.3, -0.25) is 4.90 Å². The Morgan fingerprint density at radius 2 is 1.93 bits per heavy atom. The van der Waals surface area contributed by atoms with Crippen molar-refractivity contribution in [3.05, 3.63) is 36.6 Å². The zero-order valence-corrected chi connectivity index (χ0v) is 8.54. The van der Waals surface area contributed by atoms with Gasteiger partial charge in [-0.25, -0.2) is 0 Å². The molecule has 0 atom stereocenters. The smallest absolute Gasteiger partial charge is 0.0594 e. The largest absolute Gasteiger partial charge is 0.399 e. The first-order chi connectivity index (χ1) is 6.68. The molecule has 1 fully saturated rings. The number of ether oxygens (including phenoxy) is 1. The van der Waals surface area contributed by atoms with E-state index >= 15 is 0 Å². The molecule has 0 saturated carbocycles. The van der Waals surface area contributed by atoms with Crippen LogP contribution in [0.1, 0.15) is 0 Å². The molecule has 1 aliphatic heterocycles. The van der Waals surface area contributed by atoms with E-state index < -0.39 is 0 Å². The van der Waals surface area contributed by atoms with Gasteiger partial charge in [0.05, 0.1) is 13.2 Å². The van der Waals surface area contributed by atoms with Crippen molar-refractivity contribution in [1.29, 1.82) is 0 Å². The van der Waals surface area contributed by atoms with Crippen molar-refractivity contribution in [2.45, 2.75) is 0 Å². The van der Waals surface area contributed by atoms with Crippen LogP contribution in [0.25, 0.3) is 0 Å². The van der Waals surface area contributed by atoms with Crippen molar-refractivity contribution >= 4 is 0 Å². The summed E-state index contributed by atoms with van der Waals surface area (Å²) in [4.78, 5) is 2.31. The standard InChI is InChI=1S/C11H18N2O/c1-10(3-4-11(2)12)9-13-5-7-14-8-6-13/h3-4H,1-2,5-9,12H2/b4-3-. The van der Waals surface area contributed by atoms with E-state index in [4.69, 9.17) is 10.5 Å². The predicted molar refractivity (Wildman–Crippen MR) is 58.9 cm³/mol. The lowest BCUT2D eigenvalue weighted by Crippen LogP contribution is -2.37. The lowest BCUT2D eigenvalue weighted by Gasteiger charge is -2.26. The summed E-state index contributed by atoms with van der Waals surface area (Å²) in [5, 5.41) is 0. The van der Waals surface area contributed by atoms with Crippen LogP contribution in [-0.2, 0) is 4.74 Å². The third-order valence-corrected chi connectivity index (χ3v) is 2.06. The first-order valence-electron chi connectivity index (χ1n) is 4.79. The number of morpholine rings is 1.